The number of hydrogen-bond acceptors (Lipinski definition) is 6. The quantitative estimate of drug-likeness (QED) is 0.141. The number of nitro benzene ring substituents is 1. The van der Waals surface area contributed by atoms with Gasteiger partial charge in [0, 0.05) is 22.3 Å². The first-order valence-corrected chi connectivity index (χ1v) is 11.6. The third-order valence-electron chi connectivity index (χ3n) is 5.45. The van der Waals surface area contributed by atoms with Crippen molar-refractivity contribution >= 4 is 28.5 Å². The molecule has 0 atom stereocenters. The molecule has 0 bridgehead atoms. The van der Waals surface area contributed by atoms with E-state index in [2.05, 4.69) is 41.4 Å². The zero-order valence-corrected chi connectivity index (χ0v) is 19.1. The van der Waals surface area contributed by atoms with Crippen LogP contribution < -0.4 is 4.74 Å². The predicted octanol–water partition coefficient (Wildman–Crippen LogP) is 7.37. The average molecular weight is 469 g/mol. The van der Waals surface area contributed by atoms with Crippen LogP contribution in [0.25, 0.3) is 33.7 Å². The van der Waals surface area contributed by atoms with Gasteiger partial charge in [0.1, 0.15) is 5.52 Å². The molecule has 0 aliphatic rings. The van der Waals surface area contributed by atoms with E-state index >= 15 is 0 Å². The molecule has 7 heteroatoms. The molecule has 168 valence electrons. The van der Waals surface area contributed by atoms with Crippen molar-refractivity contribution in [1.82, 2.24) is 4.98 Å². The van der Waals surface area contributed by atoms with Crippen molar-refractivity contribution < 1.29 is 14.1 Å². The number of oxazole rings is 1. The lowest BCUT2D eigenvalue weighted by molar-refractivity contribution is -0.385. The molecule has 5 rings (SSSR count). The van der Waals surface area contributed by atoms with Gasteiger partial charge in [0.15, 0.2) is 11.3 Å². The van der Waals surface area contributed by atoms with Crippen LogP contribution in [-0.4, -0.2) is 17.0 Å². The van der Waals surface area contributed by atoms with Crippen LogP contribution in [0.3, 0.4) is 0 Å². The second-order valence-electron chi connectivity index (χ2n) is 7.62. The Morgan fingerprint density at radius 2 is 1.71 bits per heavy atom. The molecule has 0 saturated carbocycles. The predicted molar refractivity (Wildman–Crippen MR) is 134 cm³/mol. The smallest absolute Gasteiger partial charge is 0.311 e. The molecule has 0 spiro atoms. The molecule has 0 N–H and O–H groups in total. The first kappa shape index (κ1) is 21.7. The molecule has 1 aromatic heterocycles. The maximum absolute atomic E-state index is 11.4. The summed E-state index contributed by atoms with van der Waals surface area (Å²) < 4.78 is 11.0. The van der Waals surface area contributed by atoms with Gasteiger partial charge < -0.3 is 9.15 Å². The van der Waals surface area contributed by atoms with E-state index in [1.54, 1.807) is 23.9 Å². The van der Waals surface area contributed by atoms with E-state index in [0.717, 1.165) is 16.9 Å². The van der Waals surface area contributed by atoms with Gasteiger partial charge >= 0.3 is 5.69 Å². The van der Waals surface area contributed by atoms with Gasteiger partial charge in [0.05, 0.1) is 12.0 Å². The minimum absolute atomic E-state index is 0.132. The SMILES string of the molecule is COc1ccc(-c2nc3cc(-c4ccccc4SCc4ccccc4)ccc3o2)cc1[N+](=O)[O-]. The van der Waals surface area contributed by atoms with Gasteiger partial charge in [-0.15, -0.1) is 11.8 Å². The summed E-state index contributed by atoms with van der Waals surface area (Å²) in [7, 11) is 1.40. The van der Waals surface area contributed by atoms with Crippen LogP contribution >= 0.6 is 11.8 Å². The molecule has 0 radical (unpaired) electrons. The van der Waals surface area contributed by atoms with Crippen molar-refractivity contribution in [2.75, 3.05) is 7.11 Å². The molecule has 6 nitrogen and oxygen atoms in total. The maximum atomic E-state index is 11.4. The number of ether oxygens (including phenoxy) is 1. The van der Waals surface area contributed by atoms with Gasteiger partial charge in [0.25, 0.3) is 0 Å². The summed E-state index contributed by atoms with van der Waals surface area (Å²) in [5.41, 5.74) is 5.11. The molecular formula is C27H20N2O4S. The minimum atomic E-state index is -0.479. The Bertz CT molecular complexity index is 1480. The van der Waals surface area contributed by atoms with Gasteiger partial charge in [-0.3, -0.25) is 10.1 Å². The highest BCUT2D eigenvalue weighted by Gasteiger charge is 2.19. The Kier molecular flexibility index (Phi) is 6.01. The van der Waals surface area contributed by atoms with Crippen LogP contribution in [0.4, 0.5) is 5.69 Å². The summed E-state index contributed by atoms with van der Waals surface area (Å²) in [5, 5.41) is 11.4. The Morgan fingerprint density at radius 1 is 0.941 bits per heavy atom. The van der Waals surface area contributed by atoms with Crippen molar-refractivity contribution in [2.45, 2.75) is 10.6 Å². The van der Waals surface area contributed by atoms with Gasteiger partial charge in [-0.25, -0.2) is 4.98 Å². The van der Waals surface area contributed by atoms with E-state index in [-0.39, 0.29) is 11.4 Å². The number of methoxy groups -OCH3 is 1. The second kappa shape index (κ2) is 9.41. The fourth-order valence-electron chi connectivity index (χ4n) is 3.75. The lowest BCUT2D eigenvalue weighted by Crippen LogP contribution is -1.94. The molecule has 0 aliphatic carbocycles. The summed E-state index contributed by atoms with van der Waals surface area (Å²) in [6.07, 6.45) is 0. The summed E-state index contributed by atoms with van der Waals surface area (Å²) in [4.78, 5) is 16.7. The van der Waals surface area contributed by atoms with E-state index < -0.39 is 4.92 Å². The normalized spacial score (nSPS) is 11.0. The maximum Gasteiger partial charge on any atom is 0.311 e. The minimum Gasteiger partial charge on any atom is -0.490 e. The lowest BCUT2D eigenvalue weighted by Gasteiger charge is -2.09. The number of nitrogens with zero attached hydrogens (tertiary/aromatic N) is 2. The average Bonchev–Trinajstić information content (AvgIpc) is 3.31. The highest BCUT2D eigenvalue weighted by atomic mass is 32.2. The monoisotopic (exact) mass is 468 g/mol. The molecule has 0 amide bonds. The highest BCUT2D eigenvalue weighted by Crippen LogP contribution is 2.36. The molecule has 34 heavy (non-hydrogen) atoms. The molecule has 0 unspecified atom stereocenters. The Hall–Kier alpha value is -4.10. The number of aromatic nitrogens is 1. The Balaban J connectivity index is 1.47. The molecule has 1 heterocycles. The Morgan fingerprint density at radius 3 is 2.50 bits per heavy atom. The van der Waals surface area contributed by atoms with E-state index in [1.165, 1.54) is 23.6 Å². The molecule has 0 aliphatic heterocycles. The van der Waals surface area contributed by atoms with Gasteiger partial charge in [-0.05, 0) is 47.0 Å². The van der Waals surface area contributed by atoms with Gasteiger partial charge in [-0.2, -0.15) is 0 Å². The molecule has 5 aromatic rings. The molecule has 0 fully saturated rings. The second-order valence-corrected chi connectivity index (χ2v) is 8.63. The fourth-order valence-corrected chi connectivity index (χ4v) is 4.78. The number of fused-ring (bicyclic) bond motifs is 1. The zero-order chi connectivity index (χ0) is 23.5. The third-order valence-corrected chi connectivity index (χ3v) is 6.59. The fraction of sp³-hybridized carbons (Fsp3) is 0.0741. The summed E-state index contributed by atoms with van der Waals surface area (Å²) >= 11 is 1.79. The van der Waals surface area contributed by atoms with Crippen molar-refractivity contribution in [3.05, 3.63) is 107 Å². The third kappa shape index (κ3) is 4.38. The first-order valence-electron chi connectivity index (χ1n) is 10.6. The van der Waals surface area contributed by atoms with E-state index in [0.29, 0.717) is 22.6 Å². The first-order chi connectivity index (χ1) is 16.6. The van der Waals surface area contributed by atoms with Crippen LogP contribution in [0.1, 0.15) is 5.56 Å². The van der Waals surface area contributed by atoms with Crippen LogP contribution in [0, 0.1) is 10.1 Å². The number of thioether (sulfide) groups is 1. The van der Waals surface area contributed by atoms with Gasteiger partial charge in [0.2, 0.25) is 5.89 Å². The zero-order valence-electron chi connectivity index (χ0n) is 18.3. The topological polar surface area (TPSA) is 78.4 Å². The highest BCUT2D eigenvalue weighted by molar-refractivity contribution is 7.98. The van der Waals surface area contributed by atoms with Crippen LogP contribution in [-0.2, 0) is 5.75 Å². The van der Waals surface area contributed by atoms with Crippen molar-refractivity contribution in [2.24, 2.45) is 0 Å². The molecule has 4 aromatic carbocycles. The Labute approximate surface area is 200 Å². The van der Waals surface area contributed by atoms with Crippen LogP contribution in [0.15, 0.2) is 100 Å². The van der Waals surface area contributed by atoms with Crippen LogP contribution in [0.2, 0.25) is 0 Å². The standard InChI is InChI=1S/C27H20N2O4S/c1-32-25-14-12-20(16-23(25)29(30)31)27-28-22-15-19(11-13-24(22)33-27)21-9-5-6-10-26(21)34-17-18-7-3-2-4-8-18/h2-16H,17H2,1H3. The van der Waals surface area contributed by atoms with Crippen molar-refractivity contribution in [1.29, 1.82) is 0 Å². The summed E-state index contributed by atoms with van der Waals surface area (Å²) in [5.74, 6) is 1.39. The van der Waals surface area contributed by atoms with Gasteiger partial charge in [-0.1, -0.05) is 54.6 Å². The summed E-state index contributed by atoms with van der Waals surface area (Å²) in [6, 6.07) is 29.2. The summed E-state index contributed by atoms with van der Waals surface area (Å²) in [6.45, 7) is 0. The van der Waals surface area contributed by atoms with E-state index in [4.69, 9.17) is 9.15 Å². The molecule has 0 saturated heterocycles. The lowest BCUT2D eigenvalue weighted by atomic mass is 10.1. The number of hydrogen-bond donors (Lipinski definition) is 0. The largest absolute Gasteiger partial charge is 0.490 e. The van der Waals surface area contributed by atoms with Crippen molar-refractivity contribution in [3.63, 3.8) is 0 Å². The van der Waals surface area contributed by atoms with Crippen LogP contribution in [0.5, 0.6) is 5.75 Å². The number of benzene rings is 4. The van der Waals surface area contributed by atoms with Crippen molar-refractivity contribution in [3.8, 4) is 28.3 Å². The van der Waals surface area contributed by atoms with E-state index in [9.17, 15) is 10.1 Å². The molecular weight excluding hydrogens is 448 g/mol. The number of nitro groups is 1. The van der Waals surface area contributed by atoms with E-state index in [1.807, 2.05) is 36.4 Å². The number of rotatable bonds is 7.